The first-order chi connectivity index (χ1) is 11.0. The maximum Gasteiger partial charge on any atom is 0.355 e. The monoisotopic (exact) mass is 323 g/mol. The highest BCUT2D eigenvalue weighted by Gasteiger charge is 2.16. The Kier molecular flexibility index (Phi) is 7.45. The maximum absolute atomic E-state index is 12.0. The average molecular weight is 323 g/mol. The Morgan fingerprint density at radius 3 is 2.35 bits per heavy atom. The fourth-order valence-corrected chi connectivity index (χ4v) is 1.70. The lowest BCUT2D eigenvalue weighted by molar-refractivity contribution is -0.140. The van der Waals surface area contributed by atoms with Gasteiger partial charge in [-0.15, -0.1) is 0 Å². The number of ether oxygens (including phenoxy) is 4. The van der Waals surface area contributed by atoms with E-state index in [1.807, 2.05) is 0 Å². The van der Waals surface area contributed by atoms with Crippen molar-refractivity contribution >= 4 is 17.6 Å². The summed E-state index contributed by atoms with van der Waals surface area (Å²) in [4.78, 5) is 23.6. The Balaban J connectivity index is 3.09. The second-order valence-corrected chi connectivity index (χ2v) is 4.22. The van der Waals surface area contributed by atoms with E-state index in [9.17, 15) is 9.59 Å². The quantitative estimate of drug-likeness (QED) is 0.579. The van der Waals surface area contributed by atoms with Crippen molar-refractivity contribution in [2.24, 2.45) is 0 Å². The van der Waals surface area contributed by atoms with E-state index < -0.39 is 11.9 Å². The van der Waals surface area contributed by atoms with E-state index in [0.717, 1.165) is 6.08 Å². The Bertz CT molecular complexity index is 582. The Labute approximate surface area is 135 Å². The van der Waals surface area contributed by atoms with E-state index in [0.29, 0.717) is 17.2 Å². The van der Waals surface area contributed by atoms with Crippen LogP contribution in [0.15, 0.2) is 30.0 Å². The molecule has 1 aromatic carbocycles. The standard InChI is InChI=1S/C16H21NO6/c1-5-22-15(18)10-13(16(19)23-6-2)17-12-8-7-11(20-3)9-14(12)21-4/h7-10,17H,5-6H2,1-4H3/b13-10-. The summed E-state index contributed by atoms with van der Waals surface area (Å²) in [7, 11) is 3.02. The third-order valence-electron chi connectivity index (χ3n) is 2.72. The number of nitrogens with one attached hydrogen (secondary N) is 1. The first-order valence-electron chi connectivity index (χ1n) is 7.10. The highest BCUT2D eigenvalue weighted by atomic mass is 16.5. The molecular formula is C16H21NO6. The third-order valence-corrected chi connectivity index (χ3v) is 2.72. The van der Waals surface area contributed by atoms with E-state index in [2.05, 4.69) is 5.32 Å². The Hall–Kier alpha value is -2.70. The summed E-state index contributed by atoms with van der Waals surface area (Å²) in [5.41, 5.74) is 0.436. The molecule has 0 amide bonds. The van der Waals surface area contributed by atoms with E-state index in [1.165, 1.54) is 14.2 Å². The van der Waals surface area contributed by atoms with Crippen LogP contribution in [0, 0.1) is 0 Å². The second kappa shape index (κ2) is 9.34. The lowest BCUT2D eigenvalue weighted by Gasteiger charge is -2.14. The number of methoxy groups -OCH3 is 2. The molecule has 0 aliphatic heterocycles. The zero-order valence-electron chi connectivity index (χ0n) is 13.7. The van der Waals surface area contributed by atoms with Gasteiger partial charge in [0.15, 0.2) is 0 Å². The van der Waals surface area contributed by atoms with E-state index in [4.69, 9.17) is 18.9 Å². The molecule has 0 atom stereocenters. The molecule has 0 fully saturated rings. The fraction of sp³-hybridized carbons (Fsp3) is 0.375. The molecule has 0 aliphatic carbocycles. The number of carbonyl (C=O) groups excluding carboxylic acids is 2. The van der Waals surface area contributed by atoms with Gasteiger partial charge in [0, 0.05) is 6.07 Å². The predicted octanol–water partition coefficient (Wildman–Crippen LogP) is 2.13. The largest absolute Gasteiger partial charge is 0.497 e. The van der Waals surface area contributed by atoms with Gasteiger partial charge in [0.25, 0.3) is 0 Å². The first kappa shape index (κ1) is 18.3. The van der Waals surface area contributed by atoms with Crippen LogP contribution in [0.3, 0.4) is 0 Å². The molecule has 1 rings (SSSR count). The molecule has 0 radical (unpaired) electrons. The van der Waals surface area contributed by atoms with Crippen molar-refractivity contribution in [1.29, 1.82) is 0 Å². The molecule has 0 saturated carbocycles. The van der Waals surface area contributed by atoms with E-state index >= 15 is 0 Å². The molecule has 0 aliphatic rings. The number of rotatable bonds is 8. The van der Waals surface area contributed by atoms with Gasteiger partial charge >= 0.3 is 11.9 Å². The van der Waals surface area contributed by atoms with Crippen LogP contribution in [0.2, 0.25) is 0 Å². The van der Waals surface area contributed by atoms with Crippen molar-refractivity contribution in [2.75, 3.05) is 32.8 Å². The van der Waals surface area contributed by atoms with Crippen LogP contribution >= 0.6 is 0 Å². The molecule has 0 heterocycles. The topological polar surface area (TPSA) is 83.1 Å². The molecule has 7 nitrogen and oxygen atoms in total. The van der Waals surface area contributed by atoms with Gasteiger partial charge in [-0.05, 0) is 26.0 Å². The first-order valence-corrected chi connectivity index (χ1v) is 7.10. The molecule has 0 aromatic heterocycles. The zero-order chi connectivity index (χ0) is 17.2. The van der Waals surface area contributed by atoms with Gasteiger partial charge in [0.05, 0.1) is 39.2 Å². The Morgan fingerprint density at radius 2 is 1.78 bits per heavy atom. The SMILES string of the molecule is CCOC(=O)/C=C(\Nc1ccc(OC)cc1OC)C(=O)OCC. The van der Waals surface area contributed by atoms with Crippen molar-refractivity contribution in [3.63, 3.8) is 0 Å². The minimum Gasteiger partial charge on any atom is -0.497 e. The van der Waals surface area contributed by atoms with Gasteiger partial charge in [-0.2, -0.15) is 0 Å². The number of hydrogen-bond acceptors (Lipinski definition) is 7. The van der Waals surface area contributed by atoms with Crippen molar-refractivity contribution in [2.45, 2.75) is 13.8 Å². The molecule has 126 valence electrons. The lowest BCUT2D eigenvalue weighted by atomic mass is 10.2. The number of hydrogen-bond donors (Lipinski definition) is 1. The van der Waals surface area contributed by atoms with Crippen molar-refractivity contribution in [3.8, 4) is 11.5 Å². The van der Waals surface area contributed by atoms with Crippen molar-refractivity contribution in [1.82, 2.24) is 0 Å². The minimum absolute atomic E-state index is 0.0474. The van der Waals surface area contributed by atoms with Crippen LogP contribution in [0.5, 0.6) is 11.5 Å². The van der Waals surface area contributed by atoms with Crippen LogP contribution in [0.25, 0.3) is 0 Å². The van der Waals surface area contributed by atoms with Gasteiger partial charge in [0.2, 0.25) is 0 Å². The summed E-state index contributed by atoms with van der Waals surface area (Å²) in [6.45, 7) is 3.74. The van der Waals surface area contributed by atoms with Crippen molar-refractivity contribution in [3.05, 3.63) is 30.0 Å². The summed E-state index contributed by atoms with van der Waals surface area (Å²) in [6, 6.07) is 5.00. The molecule has 1 N–H and O–H groups in total. The van der Waals surface area contributed by atoms with Crippen molar-refractivity contribution < 1.29 is 28.5 Å². The lowest BCUT2D eigenvalue weighted by Crippen LogP contribution is -2.17. The summed E-state index contributed by atoms with van der Waals surface area (Å²) in [5, 5.41) is 2.83. The molecule has 0 spiro atoms. The molecule has 7 heteroatoms. The van der Waals surface area contributed by atoms with Gasteiger partial charge in [0.1, 0.15) is 17.2 Å². The fourth-order valence-electron chi connectivity index (χ4n) is 1.70. The normalized spacial score (nSPS) is 10.7. The molecule has 23 heavy (non-hydrogen) atoms. The molecule has 0 saturated heterocycles. The van der Waals surface area contributed by atoms with Crippen LogP contribution < -0.4 is 14.8 Å². The maximum atomic E-state index is 12.0. The van der Waals surface area contributed by atoms with Crippen LogP contribution in [0.1, 0.15) is 13.8 Å². The van der Waals surface area contributed by atoms with E-state index in [-0.39, 0.29) is 18.9 Å². The minimum atomic E-state index is -0.668. The number of carbonyl (C=O) groups is 2. The highest BCUT2D eigenvalue weighted by molar-refractivity contribution is 5.99. The summed E-state index contributed by atoms with van der Waals surface area (Å²) >= 11 is 0. The van der Waals surface area contributed by atoms with Gasteiger partial charge in [-0.3, -0.25) is 0 Å². The van der Waals surface area contributed by atoms with Crippen LogP contribution in [-0.2, 0) is 19.1 Å². The summed E-state index contributed by atoms with van der Waals surface area (Å²) in [6.07, 6.45) is 1.05. The van der Waals surface area contributed by atoms with Gasteiger partial charge in [-0.1, -0.05) is 0 Å². The Morgan fingerprint density at radius 1 is 1.09 bits per heavy atom. The number of anilines is 1. The molecular weight excluding hydrogens is 302 g/mol. The van der Waals surface area contributed by atoms with Gasteiger partial charge in [-0.25, -0.2) is 9.59 Å². The molecule has 0 unspecified atom stereocenters. The number of esters is 2. The second-order valence-electron chi connectivity index (χ2n) is 4.22. The number of benzene rings is 1. The molecule has 1 aromatic rings. The average Bonchev–Trinajstić information content (AvgIpc) is 2.54. The van der Waals surface area contributed by atoms with E-state index in [1.54, 1.807) is 32.0 Å². The highest BCUT2D eigenvalue weighted by Crippen LogP contribution is 2.30. The predicted molar refractivity (Wildman–Crippen MR) is 84.5 cm³/mol. The molecule has 0 bridgehead atoms. The summed E-state index contributed by atoms with van der Waals surface area (Å²) in [5.74, 6) is -0.267. The van der Waals surface area contributed by atoms with Gasteiger partial charge < -0.3 is 24.3 Å². The smallest absolute Gasteiger partial charge is 0.355 e. The third kappa shape index (κ3) is 5.54. The zero-order valence-corrected chi connectivity index (χ0v) is 13.7. The summed E-state index contributed by atoms with van der Waals surface area (Å²) < 4.78 is 20.1. The van der Waals surface area contributed by atoms with Crippen LogP contribution in [0.4, 0.5) is 5.69 Å². The van der Waals surface area contributed by atoms with Crippen LogP contribution in [-0.4, -0.2) is 39.4 Å².